The molecule has 0 saturated heterocycles. The fraction of sp³-hybridized carbons (Fsp3) is 0.355. The Morgan fingerprint density at radius 2 is 1.44 bits per heavy atom. The molecular weight excluding hydrogens is 452 g/mol. The van der Waals surface area contributed by atoms with Crippen LogP contribution in [0.25, 0.3) is 0 Å². The first kappa shape index (κ1) is 27.0. The molecule has 0 radical (unpaired) electrons. The first-order chi connectivity index (χ1) is 16.9. The Morgan fingerprint density at radius 3 is 2.06 bits per heavy atom. The molecular formula is C31H36O5. The summed E-state index contributed by atoms with van der Waals surface area (Å²) < 4.78 is 16.6. The molecule has 0 spiro atoms. The molecule has 0 bridgehead atoms. The van der Waals surface area contributed by atoms with Gasteiger partial charge in [0.05, 0.1) is 12.2 Å². The van der Waals surface area contributed by atoms with Crippen molar-refractivity contribution in [1.82, 2.24) is 0 Å². The van der Waals surface area contributed by atoms with Crippen LogP contribution in [0.1, 0.15) is 68.6 Å². The lowest BCUT2D eigenvalue weighted by atomic mass is 9.80. The fourth-order valence-corrected chi connectivity index (χ4v) is 3.65. The number of benzene rings is 3. The highest BCUT2D eigenvalue weighted by Crippen LogP contribution is 2.35. The van der Waals surface area contributed by atoms with Crippen LogP contribution in [-0.2, 0) is 26.8 Å². The molecule has 3 rings (SSSR count). The summed E-state index contributed by atoms with van der Waals surface area (Å²) in [7, 11) is 0. The second kappa shape index (κ2) is 11.4. The summed E-state index contributed by atoms with van der Waals surface area (Å²) in [6.07, 6.45) is 0.651. The lowest BCUT2D eigenvalue weighted by molar-refractivity contribution is -0.136. The molecule has 5 nitrogen and oxygen atoms in total. The highest BCUT2D eigenvalue weighted by molar-refractivity contribution is 5.89. The van der Waals surface area contributed by atoms with Crippen molar-refractivity contribution in [3.8, 4) is 11.5 Å². The number of hydrogen-bond acceptors (Lipinski definition) is 5. The van der Waals surface area contributed by atoms with Crippen LogP contribution in [-0.4, -0.2) is 25.2 Å². The number of esters is 2. The van der Waals surface area contributed by atoms with Crippen LogP contribution in [0.3, 0.4) is 0 Å². The van der Waals surface area contributed by atoms with E-state index in [9.17, 15) is 9.59 Å². The molecule has 0 aliphatic heterocycles. The van der Waals surface area contributed by atoms with Crippen molar-refractivity contribution < 1.29 is 23.8 Å². The van der Waals surface area contributed by atoms with E-state index >= 15 is 0 Å². The van der Waals surface area contributed by atoms with Crippen molar-refractivity contribution in [1.29, 1.82) is 0 Å². The first-order valence-electron chi connectivity index (χ1n) is 12.2. The van der Waals surface area contributed by atoms with Gasteiger partial charge in [-0.15, -0.1) is 0 Å². The van der Waals surface area contributed by atoms with Gasteiger partial charge in [0.2, 0.25) is 0 Å². The molecule has 3 aromatic carbocycles. The zero-order chi connectivity index (χ0) is 26.3. The largest absolute Gasteiger partial charge is 0.482 e. The standard InChI is InChI=1S/C31H36O5/c1-30(2,3)24-14-17-27(26(20-24)31(4,5)6)35-21-28(32)36-25-15-12-23(13-16-25)29(33)34-19-18-22-10-8-7-9-11-22/h7-17,20H,18-19,21H2,1-6H3. The van der Waals surface area contributed by atoms with E-state index in [1.54, 1.807) is 24.3 Å². The molecule has 0 aliphatic rings. The molecule has 5 heteroatoms. The van der Waals surface area contributed by atoms with Gasteiger partial charge in [-0.1, -0.05) is 84.0 Å². The lowest BCUT2D eigenvalue weighted by Gasteiger charge is -2.27. The van der Waals surface area contributed by atoms with Gasteiger partial charge in [0.1, 0.15) is 11.5 Å². The quantitative estimate of drug-likeness (QED) is 0.262. The zero-order valence-corrected chi connectivity index (χ0v) is 22.1. The Balaban J connectivity index is 1.54. The molecule has 0 saturated carbocycles. The van der Waals surface area contributed by atoms with E-state index in [0.717, 1.165) is 11.1 Å². The van der Waals surface area contributed by atoms with E-state index in [0.29, 0.717) is 30.1 Å². The van der Waals surface area contributed by atoms with E-state index < -0.39 is 11.9 Å². The number of carbonyl (C=O) groups excluding carboxylic acids is 2. The zero-order valence-electron chi connectivity index (χ0n) is 22.1. The smallest absolute Gasteiger partial charge is 0.349 e. The maximum absolute atomic E-state index is 12.4. The highest BCUT2D eigenvalue weighted by Gasteiger charge is 2.23. The van der Waals surface area contributed by atoms with E-state index in [1.165, 1.54) is 5.56 Å². The maximum atomic E-state index is 12.4. The topological polar surface area (TPSA) is 61.8 Å². The second-order valence-corrected chi connectivity index (χ2v) is 10.9. The summed E-state index contributed by atoms with van der Waals surface area (Å²) >= 11 is 0. The summed E-state index contributed by atoms with van der Waals surface area (Å²) in [5.74, 6) is 0.0677. The second-order valence-electron chi connectivity index (χ2n) is 10.9. The van der Waals surface area contributed by atoms with Gasteiger partial charge in [0, 0.05) is 6.42 Å². The van der Waals surface area contributed by atoms with Crippen LogP contribution in [0, 0.1) is 0 Å². The van der Waals surface area contributed by atoms with E-state index in [4.69, 9.17) is 14.2 Å². The summed E-state index contributed by atoms with van der Waals surface area (Å²) in [6.45, 7) is 12.9. The van der Waals surface area contributed by atoms with E-state index in [-0.39, 0.29) is 17.4 Å². The number of carbonyl (C=O) groups is 2. The summed E-state index contributed by atoms with van der Waals surface area (Å²) in [6, 6.07) is 22.3. The average molecular weight is 489 g/mol. The SMILES string of the molecule is CC(C)(C)c1ccc(OCC(=O)Oc2ccc(C(=O)OCCc3ccccc3)cc2)c(C(C)(C)C)c1. The summed E-state index contributed by atoms with van der Waals surface area (Å²) in [5.41, 5.74) is 3.62. The minimum Gasteiger partial charge on any atom is -0.482 e. The van der Waals surface area contributed by atoms with Crippen LogP contribution in [0.2, 0.25) is 0 Å². The Hall–Kier alpha value is -3.60. The Kier molecular flexibility index (Phi) is 8.57. The normalized spacial score (nSPS) is 11.6. The Morgan fingerprint density at radius 1 is 0.778 bits per heavy atom. The molecule has 190 valence electrons. The van der Waals surface area contributed by atoms with E-state index in [1.807, 2.05) is 42.5 Å². The summed E-state index contributed by atoms with van der Waals surface area (Å²) in [4.78, 5) is 24.7. The van der Waals surface area contributed by atoms with Crippen LogP contribution in [0.4, 0.5) is 0 Å². The first-order valence-corrected chi connectivity index (χ1v) is 12.2. The molecule has 0 atom stereocenters. The molecule has 3 aromatic rings. The third-order valence-electron chi connectivity index (χ3n) is 5.79. The van der Waals surface area contributed by atoms with Crippen molar-refractivity contribution in [3.63, 3.8) is 0 Å². The predicted molar refractivity (Wildman–Crippen MR) is 142 cm³/mol. The third kappa shape index (κ3) is 7.70. The van der Waals surface area contributed by atoms with Gasteiger partial charge < -0.3 is 14.2 Å². The van der Waals surface area contributed by atoms with Crippen LogP contribution in [0.5, 0.6) is 11.5 Å². The molecule has 0 aliphatic carbocycles. The van der Waals surface area contributed by atoms with E-state index in [2.05, 4.69) is 47.6 Å². The predicted octanol–water partition coefficient (Wildman–Crippen LogP) is 6.67. The molecule has 0 unspecified atom stereocenters. The van der Waals surface area contributed by atoms with Gasteiger partial charge in [-0.3, -0.25) is 0 Å². The average Bonchev–Trinajstić information content (AvgIpc) is 2.82. The highest BCUT2D eigenvalue weighted by atomic mass is 16.6. The molecule has 0 aromatic heterocycles. The maximum Gasteiger partial charge on any atom is 0.349 e. The molecule has 0 amide bonds. The van der Waals surface area contributed by atoms with Gasteiger partial charge in [-0.2, -0.15) is 0 Å². The van der Waals surface area contributed by atoms with Gasteiger partial charge >= 0.3 is 11.9 Å². The van der Waals surface area contributed by atoms with Crippen LogP contribution < -0.4 is 9.47 Å². The van der Waals surface area contributed by atoms with Crippen molar-refractivity contribution >= 4 is 11.9 Å². The minimum atomic E-state index is -0.520. The summed E-state index contributed by atoms with van der Waals surface area (Å²) in [5, 5.41) is 0. The molecule has 36 heavy (non-hydrogen) atoms. The number of ether oxygens (including phenoxy) is 3. The van der Waals surface area contributed by atoms with Gasteiger partial charge in [-0.05, 0) is 57.9 Å². The van der Waals surface area contributed by atoms with Gasteiger partial charge in [0.25, 0.3) is 0 Å². The molecule has 0 heterocycles. The number of rotatable bonds is 8. The lowest BCUT2D eigenvalue weighted by Crippen LogP contribution is -2.21. The molecule has 0 N–H and O–H groups in total. The third-order valence-corrected chi connectivity index (χ3v) is 5.79. The minimum absolute atomic E-state index is 0.0118. The van der Waals surface area contributed by atoms with Crippen molar-refractivity contribution in [2.75, 3.05) is 13.2 Å². The van der Waals surface area contributed by atoms with Gasteiger partial charge in [-0.25, -0.2) is 9.59 Å². The monoisotopic (exact) mass is 488 g/mol. The van der Waals surface area contributed by atoms with Crippen LogP contribution in [0.15, 0.2) is 72.8 Å². The Labute approximate surface area is 214 Å². The van der Waals surface area contributed by atoms with Crippen LogP contribution >= 0.6 is 0 Å². The fourth-order valence-electron chi connectivity index (χ4n) is 3.65. The van der Waals surface area contributed by atoms with Crippen molar-refractivity contribution in [2.24, 2.45) is 0 Å². The van der Waals surface area contributed by atoms with Gasteiger partial charge in [0.15, 0.2) is 6.61 Å². The van der Waals surface area contributed by atoms with Crippen molar-refractivity contribution in [2.45, 2.75) is 58.8 Å². The number of hydrogen-bond donors (Lipinski definition) is 0. The van der Waals surface area contributed by atoms with Crippen molar-refractivity contribution in [3.05, 3.63) is 95.1 Å². The Bertz CT molecular complexity index is 1170. The molecule has 0 fully saturated rings.